The third-order valence-electron chi connectivity index (χ3n) is 4.00. The summed E-state index contributed by atoms with van der Waals surface area (Å²) < 4.78 is 2.12. The van der Waals surface area contributed by atoms with Gasteiger partial charge in [-0.3, -0.25) is 0 Å². The molecule has 0 saturated heterocycles. The lowest BCUT2D eigenvalue weighted by Gasteiger charge is -2.08. The smallest absolute Gasteiger partial charge is 0.318 e. The van der Waals surface area contributed by atoms with Crippen molar-refractivity contribution in [3.8, 4) is 5.69 Å². The minimum absolute atomic E-state index is 0.467. The topological polar surface area (TPSA) is 47.9 Å². The van der Waals surface area contributed by atoms with Gasteiger partial charge in [0.25, 0.3) is 0 Å². The fourth-order valence-corrected chi connectivity index (χ4v) is 3.02. The molecule has 0 spiro atoms. The van der Waals surface area contributed by atoms with Crippen LogP contribution in [0.5, 0.6) is 0 Å². The van der Waals surface area contributed by atoms with Gasteiger partial charge in [-0.15, -0.1) is 0 Å². The molecule has 1 aromatic heterocycles. The summed E-state index contributed by atoms with van der Waals surface area (Å²) in [4.78, 5) is 19.4. The van der Waals surface area contributed by atoms with E-state index in [1.54, 1.807) is 13.0 Å². The Labute approximate surface area is 146 Å². The zero-order valence-corrected chi connectivity index (χ0v) is 14.3. The maximum Gasteiger partial charge on any atom is 0.331 e. The van der Waals surface area contributed by atoms with Crippen molar-refractivity contribution >= 4 is 28.3 Å². The average molecular weight is 331 g/mol. The van der Waals surface area contributed by atoms with Gasteiger partial charge >= 0.3 is 5.97 Å². The van der Waals surface area contributed by atoms with E-state index in [2.05, 4.69) is 14.6 Å². The number of para-hydroxylation sites is 1. The van der Waals surface area contributed by atoms with Crippen molar-refractivity contribution in [2.45, 2.75) is 20.8 Å². The molecule has 25 heavy (non-hydrogen) atoms. The molecule has 0 atom stereocenters. The molecule has 5 nitrogen and oxygen atoms in total. The number of carbonyl (C=O) groups is 1. The zero-order valence-electron chi connectivity index (χ0n) is 14.3. The molecule has 3 rings (SSSR count). The quantitative estimate of drug-likeness (QED) is 0.300. The van der Waals surface area contributed by atoms with Crippen LogP contribution in [0, 0.1) is 13.5 Å². The SMILES string of the molecule is [C-]#[N+]c1ccc2c(c1)c(/C(C)=N/OC(C)=O)c(C)n2-c1ccccc1. The lowest BCUT2D eigenvalue weighted by Crippen LogP contribution is -2.02. The summed E-state index contributed by atoms with van der Waals surface area (Å²) in [6.07, 6.45) is 0. The third kappa shape index (κ3) is 3.02. The predicted octanol–water partition coefficient (Wildman–Crippen LogP) is 4.78. The first-order chi connectivity index (χ1) is 12.0. The predicted molar refractivity (Wildman–Crippen MR) is 98.3 cm³/mol. The number of rotatable bonds is 3. The van der Waals surface area contributed by atoms with Gasteiger partial charge in [0.05, 0.1) is 17.8 Å². The van der Waals surface area contributed by atoms with Gasteiger partial charge in [-0.1, -0.05) is 29.4 Å². The van der Waals surface area contributed by atoms with Crippen LogP contribution in [0.15, 0.2) is 53.7 Å². The number of hydrogen-bond acceptors (Lipinski definition) is 3. The number of benzene rings is 2. The van der Waals surface area contributed by atoms with Crippen LogP contribution >= 0.6 is 0 Å². The minimum Gasteiger partial charge on any atom is -0.318 e. The molecule has 5 heteroatoms. The van der Waals surface area contributed by atoms with Gasteiger partial charge in [0, 0.05) is 23.9 Å². The normalized spacial score (nSPS) is 11.4. The third-order valence-corrected chi connectivity index (χ3v) is 4.00. The molecule has 0 amide bonds. The summed E-state index contributed by atoms with van der Waals surface area (Å²) in [5.41, 5.74) is 4.98. The molecule has 0 aliphatic heterocycles. The lowest BCUT2D eigenvalue weighted by atomic mass is 10.1. The van der Waals surface area contributed by atoms with Crippen LogP contribution in [0.4, 0.5) is 5.69 Å². The van der Waals surface area contributed by atoms with E-state index >= 15 is 0 Å². The van der Waals surface area contributed by atoms with Crippen LogP contribution in [0.2, 0.25) is 0 Å². The molecule has 0 unspecified atom stereocenters. The second kappa shape index (κ2) is 6.62. The van der Waals surface area contributed by atoms with E-state index in [4.69, 9.17) is 11.4 Å². The number of nitrogens with zero attached hydrogens (tertiary/aromatic N) is 3. The highest BCUT2D eigenvalue weighted by Gasteiger charge is 2.18. The van der Waals surface area contributed by atoms with E-state index in [9.17, 15) is 4.79 Å². The summed E-state index contributed by atoms with van der Waals surface area (Å²) in [5, 5.41) is 4.85. The summed E-state index contributed by atoms with van der Waals surface area (Å²) in [6, 6.07) is 15.6. The van der Waals surface area contributed by atoms with Crippen molar-refractivity contribution in [3.05, 3.63) is 71.2 Å². The Morgan fingerprint density at radius 3 is 2.52 bits per heavy atom. The van der Waals surface area contributed by atoms with Crippen LogP contribution in [-0.2, 0) is 9.63 Å². The molecule has 3 aromatic rings. The molecule has 0 saturated carbocycles. The Balaban J connectivity index is 2.32. The Bertz CT molecular complexity index is 1020. The summed E-state index contributed by atoms with van der Waals surface area (Å²) in [5.74, 6) is -0.467. The van der Waals surface area contributed by atoms with E-state index in [1.165, 1.54) is 6.92 Å². The van der Waals surface area contributed by atoms with E-state index in [1.807, 2.05) is 49.4 Å². The van der Waals surface area contributed by atoms with E-state index in [0.29, 0.717) is 11.4 Å². The van der Waals surface area contributed by atoms with Crippen LogP contribution in [0.3, 0.4) is 0 Å². The number of aromatic nitrogens is 1. The number of oxime groups is 1. The molecule has 0 fully saturated rings. The molecule has 0 aliphatic rings. The van der Waals surface area contributed by atoms with Crippen LogP contribution in [-0.4, -0.2) is 16.2 Å². The van der Waals surface area contributed by atoms with Crippen LogP contribution in [0.25, 0.3) is 21.4 Å². The van der Waals surface area contributed by atoms with Crippen molar-refractivity contribution in [2.75, 3.05) is 0 Å². The van der Waals surface area contributed by atoms with Gasteiger partial charge in [0.2, 0.25) is 0 Å². The highest BCUT2D eigenvalue weighted by atomic mass is 16.7. The van der Waals surface area contributed by atoms with Crippen molar-refractivity contribution in [1.29, 1.82) is 0 Å². The molecular formula is C20H17N3O2. The number of fused-ring (bicyclic) bond motifs is 1. The monoisotopic (exact) mass is 331 g/mol. The second-order valence-electron chi connectivity index (χ2n) is 5.70. The molecule has 0 N–H and O–H groups in total. The van der Waals surface area contributed by atoms with Gasteiger partial charge in [0.1, 0.15) is 0 Å². The molecule has 1 heterocycles. The lowest BCUT2D eigenvalue weighted by molar-refractivity contribution is -0.140. The Kier molecular flexibility index (Phi) is 4.36. The van der Waals surface area contributed by atoms with Crippen molar-refractivity contribution in [1.82, 2.24) is 4.57 Å². The van der Waals surface area contributed by atoms with Gasteiger partial charge in [-0.2, -0.15) is 0 Å². The maximum absolute atomic E-state index is 11.1. The first kappa shape index (κ1) is 16.5. The maximum atomic E-state index is 11.1. The summed E-state index contributed by atoms with van der Waals surface area (Å²) in [7, 11) is 0. The molecule has 0 radical (unpaired) electrons. The Morgan fingerprint density at radius 1 is 1.16 bits per heavy atom. The van der Waals surface area contributed by atoms with Gasteiger partial charge in [-0.25, -0.2) is 9.64 Å². The zero-order chi connectivity index (χ0) is 18.0. The highest BCUT2D eigenvalue weighted by Crippen LogP contribution is 2.32. The molecule has 0 bridgehead atoms. The first-order valence-corrected chi connectivity index (χ1v) is 7.83. The molecule has 2 aromatic carbocycles. The number of carbonyl (C=O) groups excluding carboxylic acids is 1. The van der Waals surface area contributed by atoms with Crippen molar-refractivity contribution < 1.29 is 9.63 Å². The number of hydrogen-bond donors (Lipinski definition) is 0. The average Bonchev–Trinajstić information content (AvgIpc) is 2.91. The molecule has 124 valence electrons. The van der Waals surface area contributed by atoms with Gasteiger partial charge in [0.15, 0.2) is 5.69 Å². The van der Waals surface area contributed by atoms with E-state index in [0.717, 1.165) is 27.8 Å². The Hall–Kier alpha value is -3.39. The Morgan fingerprint density at radius 2 is 1.88 bits per heavy atom. The fraction of sp³-hybridized carbons (Fsp3) is 0.150. The van der Waals surface area contributed by atoms with E-state index < -0.39 is 5.97 Å². The van der Waals surface area contributed by atoms with Gasteiger partial charge < -0.3 is 9.40 Å². The molecular weight excluding hydrogens is 314 g/mol. The second-order valence-corrected chi connectivity index (χ2v) is 5.70. The first-order valence-electron chi connectivity index (χ1n) is 7.83. The van der Waals surface area contributed by atoms with Crippen molar-refractivity contribution in [2.24, 2.45) is 5.16 Å². The largest absolute Gasteiger partial charge is 0.331 e. The minimum atomic E-state index is -0.467. The van der Waals surface area contributed by atoms with Gasteiger partial charge in [-0.05, 0) is 43.5 Å². The van der Waals surface area contributed by atoms with E-state index in [-0.39, 0.29) is 0 Å². The van der Waals surface area contributed by atoms with Crippen LogP contribution in [0.1, 0.15) is 25.1 Å². The van der Waals surface area contributed by atoms with Crippen LogP contribution < -0.4 is 0 Å². The summed E-state index contributed by atoms with van der Waals surface area (Å²) in [6.45, 7) is 12.4. The van der Waals surface area contributed by atoms with Crippen molar-refractivity contribution in [3.63, 3.8) is 0 Å². The molecule has 0 aliphatic carbocycles. The standard InChI is InChI=1S/C20H17N3O2/c1-13(22-25-15(3)24)20-14(2)23(17-8-6-5-7-9-17)19-11-10-16(21-4)12-18(19)20/h5-12H,1-3H3/b22-13+. The summed E-state index contributed by atoms with van der Waals surface area (Å²) >= 11 is 0. The highest BCUT2D eigenvalue weighted by molar-refractivity contribution is 6.12. The fourth-order valence-electron chi connectivity index (χ4n) is 3.02.